The number of morpholine rings is 1. The number of alkyl halides is 3. The molecule has 0 atom stereocenters. The van der Waals surface area contributed by atoms with Crippen molar-refractivity contribution in [3.05, 3.63) is 33.9 Å². The minimum atomic E-state index is -4.50. The van der Waals surface area contributed by atoms with Crippen molar-refractivity contribution in [2.75, 3.05) is 58.0 Å². The second-order valence-electron chi connectivity index (χ2n) is 7.43. The minimum absolute atomic E-state index is 0.231. The van der Waals surface area contributed by atoms with E-state index in [2.05, 4.69) is 20.2 Å². The first-order valence-corrected chi connectivity index (χ1v) is 14.8. The van der Waals surface area contributed by atoms with Gasteiger partial charge in [-0.1, -0.05) is 20.7 Å². The standard InChI is InChI=1S/C20H25F3IN4O2P/c1-31(2,29)16-5-3-15(4-6-16)26-18-14-24-13-17(20(21,22)23)19(27-18)25-7-8-28-9-11-30-12-10-28/h3-6,13-14H,7-12H2,1-2H3,(H,25,26,27). The maximum atomic E-state index is 13.6. The Balaban J connectivity index is 1.78. The highest BCUT2D eigenvalue weighted by atomic mass is 127. The normalized spacial score (nSPS) is 20.0. The Morgan fingerprint density at radius 3 is 2.52 bits per heavy atom. The van der Waals surface area contributed by atoms with Crippen molar-refractivity contribution in [1.82, 2.24) is 4.90 Å². The van der Waals surface area contributed by atoms with Gasteiger partial charge in [0.25, 0.3) is 0 Å². The molecule has 0 aliphatic carbocycles. The number of nitrogens with zero attached hydrogens (tertiary/aromatic N) is 3. The van der Waals surface area contributed by atoms with Gasteiger partial charge in [0.2, 0.25) is 0 Å². The van der Waals surface area contributed by atoms with Crippen molar-refractivity contribution >= 4 is 54.5 Å². The summed E-state index contributed by atoms with van der Waals surface area (Å²) in [5.41, 5.74) is -0.108. The number of amidine groups is 2. The number of hydrogen-bond acceptors (Lipinski definition) is 5. The summed E-state index contributed by atoms with van der Waals surface area (Å²) in [6, 6.07) is 7.02. The molecule has 1 N–H and O–H groups in total. The van der Waals surface area contributed by atoms with Gasteiger partial charge in [0.05, 0.1) is 19.8 Å². The first-order chi connectivity index (χ1) is 14.6. The van der Waals surface area contributed by atoms with E-state index in [0.29, 0.717) is 31.3 Å². The Hall–Kier alpha value is -1.36. The van der Waals surface area contributed by atoms with Crippen LogP contribution in [0.3, 0.4) is 0 Å². The molecule has 0 saturated carbocycles. The van der Waals surface area contributed by atoms with E-state index in [0.717, 1.165) is 18.4 Å². The van der Waals surface area contributed by atoms with E-state index in [1.54, 1.807) is 41.6 Å². The molecule has 1 aromatic rings. The zero-order chi connectivity index (χ0) is 22.5. The van der Waals surface area contributed by atoms with Crippen molar-refractivity contribution in [3.8, 4) is 0 Å². The Morgan fingerprint density at radius 1 is 1.23 bits per heavy atom. The van der Waals surface area contributed by atoms with Crippen molar-refractivity contribution < 1.29 is 22.5 Å². The monoisotopic (exact) mass is 568 g/mol. The number of nitrogens with one attached hydrogen (secondary N) is 1. The summed E-state index contributed by atoms with van der Waals surface area (Å²) < 4.78 is 61.1. The van der Waals surface area contributed by atoms with E-state index in [-0.39, 0.29) is 12.4 Å². The van der Waals surface area contributed by atoms with Crippen LogP contribution < -0.4 is 10.6 Å². The van der Waals surface area contributed by atoms with Crippen LogP contribution in [0.4, 0.5) is 18.9 Å². The van der Waals surface area contributed by atoms with Gasteiger partial charge in [-0.25, -0.2) is 4.99 Å². The van der Waals surface area contributed by atoms with Crippen LogP contribution in [0.15, 0.2) is 43.9 Å². The second-order valence-corrected chi connectivity index (χ2v) is 12.6. The van der Waals surface area contributed by atoms with Gasteiger partial charge in [0.1, 0.15) is 18.6 Å². The van der Waals surface area contributed by atoms with Crippen LogP contribution in [0.2, 0.25) is 0 Å². The first-order valence-electron chi connectivity index (χ1n) is 9.72. The van der Waals surface area contributed by atoms with E-state index < -0.39 is 39.6 Å². The lowest BCUT2D eigenvalue weighted by Crippen LogP contribution is -2.37. The molecule has 0 spiro atoms. The molecule has 2 aliphatic heterocycles. The number of aliphatic imine (C=N–C) groups is 2. The molecule has 1 aromatic carbocycles. The van der Waals surface area contributed by atoms with Crippen LogP contribution in [0.5, 0.6) is 0 Å². The molecule has 3 rings (SSSR count). The van der Waals surface area contributed by atoms with Crippen molar-refractivity contribution in [1.29, 1.82) is 0 Å². The van der Waals surface area contributed by atoms with Crippen molar-refractivity contribution in [2.24, 2.45) is 9.98 Å². The van der Waals surface area contributed by atoms with Gasteiger partial charge in [-0.2, -0.15) is 13.2 Å². The van der Waals surface area contributed by atoms with E-state index in [1.165, 1.54) is 4.08 Å². The van der Waals surface area contributed by atoms with Gasteiger partial charge in [0, 0.05) is 34.6 Å². The SMILES string of the molecule is CP(C)(=O)c1ccc(NC2=NC(=NCCN3CCOCC3)C(C(F)(F)F)=CI=C2)cc1. The topological polar surface area (TPSA) is 66.3 Å². The van der Waals surface area contributed by atoms with E-state index in [9.17, 15) is 17.7 Å². The fourth-order valence-electron chi connectivity index (χ4n) is 2.94. The number of rotatable bonds is 5. The van der Waals surface area contributed by atoms with Crippen LogP contribution >= 0.6 is 27.9 Å². The summed E-state index contributed by atoms with van der Waals surface area (Å²) in [5.74, 6) is 0.0531. The predicted octanol–water partition coefficient (Wildman–Crippen LogP) is 3.71. The summed E-state index contributed by atoms with van der Waals surface area (Å²) in [4.78, 5) is 10.5. The molecule has 170 valence electrons. The molecule has 1 fully saturated rings. The number of halogens is 4. The van der Waals surface area contributed by atoms with Gasteiger partial charge < -0.3 is 14.6 Å². The molecule has 6 nitrogen and oxygen atoms in total. The number of benzene rings is 1. The molecule has 0 bridgehead atoms. The third-order valence-corrected chi connectivity index (χ3v) is 8.13. The number of hydrogen-bond donors (Lipinski definition) is 1. The Bertz CT molecular complexity index is 946. The third-order valence-electron chi connectivity index (χ3n) is 4.65. The maximum Gasteiger partial charge on any atom is 0.420 e. The average molecular weight is 568 g/mol. The molecule has 0 unspecified atom stereocenters. The fraction of sp³-hybridized carbons (Fsp3) is 0.450. The summed E-state index contributed by atoms with van der Waals surface area (Å²) in [7, 11) is -2.37. The van der Waals surface area contributed by atoms with E-state index in [4.69, 9.17) is 4.74 Å². The smallest absolute Gasteiger partial charge is 0.379 e. The fourth-order valence-corrected chi connectivity index (χ4v) is 5.61. The second kappa shape index (κ2) is 10.5. The Labute approximate surface area is 189 Å². The molecule has 0 amide bonds. The summed E-state index contributed by atoms with van der Waals surface area (Å²) in [5, 5.41) is 3.80. The molecule has 0 radical (unpaired) electrons. The molecule has 2 heterocycles. The highest BCUT2D eigenvalue weighted by Crippen LogP contribution is 2.34. The predicted molar refractivity (Wildman–Crippen MR) is 130 cm³/mol. The summed E-state index contributed by atoms with van der Waals surface area (Å²) in [6.45, 7) is 6.92. The zero-order valence-corrected chi connectivity index (χ0v) is 20.4. The molecular formula is C20H25F3IN4O2P. The maximum absolute atomic E-state index is 13.6. The summed E-state index contributed by atoms with van der Waals surface area (Å²) in [6.07, 6.45) is -4.50. The largest absolute Gasteiger partial charge is 0.420 e. The van der Waals surface area contributed by atoms with Crippen LogP contribution in [0.1, 0.15) is 0 Å². The molecular weight excluding hydrogens is 543 g/mol. The van der Waals surface area contributed by atoms with Crippen molar-refractivity contribution in [3.63, 3.8) is 0 Å². The van der Waals surface area contributed by atoms with Gasteiger partial charge >= 0.3 is 6.18 Å². The van der Waals surface area contributed by atoms with Crippen LogP contribution in [-0.4, -0.2) is 79.5 Å². The molecule has 0 aromatic heterocycles. The first kappa shape index (κ1) is 24.3. The van der Waals surface area contributed by atoms with Gasteiger partial charge in [-0.3, -0.25) is 9.89 Å². The van der Waals surface area contributed by atoms with Crippen molar-refractivity contribution in [2.45, 2.75) is 6.18 Å². The molecule has 31 heavy (non-hydrogen) atoms. The van der Waals surface area contributed by atoms with Crippen LogP contribution in [-0.2, 0) is 9.30 Å². The lowest BCUT2D eigenvalue weighted by Gasteiger charge is -2.25. The average Bonchev–Trinajstić information content (AvgIpc) is 2.90. The quantitative estimate of drug-likeness (QED) is 0.435. The Kier molecular flexibility index (Phi) is 8.23. The Morgan fingerprint density at radius 2 is 1.90 bits per heavy atom. The van der Waals surface area contributed by atoms with Crippen LogP contribution in [0.25, 0.3) is 0 Å². The number of ether oxygens (including phenoxy) is 1. The number of anilines is 1. The molecule has 2 aliphatic rings. The van der Waals surface area contributed by atoms with E-state index in [1.807, 2.05) is 0 Å². The molecule has 11 heteroatoms. The molecule has 1 saturated heterocycles. The van der Waals surface area contributed by atoms with Gasteiger partial charge in [-0.05, 0) is 41.7 Å². The zero-order valence-electron chi connectivity index (χ0n) is 17.3. The lowest BCUT2D eigenvalue weighted by atomic mass is 10.2. The lowest BCUT2D eigenvalue weighted by molar-refractivity contribution is -0.0858. The van der Waals surface area contributed by atoms with E-state index >= 15 is 0 Å². The third kappa shape index (κ3) is 7.34. The van der Waals surface area contributed by atoms with Crippen LogP contribution in [0, 0.1) is 0 Å². The highest BCUT2D eigenvalue weighted by Gasteiger charge is 2.37. The van der Waals surface area contributed by atoms with Gasteiger partial charge in [-0.15, -0.1) is 0 Å². The summed E-state index contributed by atoms with van der Waals surface area (Å²) >= 11 is -0.991. The highest BCUT2D eigenvalue weighted by molar-refractivity contribution is 14.2. The van der Waals surface area contributed by atoms with Gasteiger partial charge in [0.15, 0.2) is 5.84 Å². The minimum Gasteiger partial charge on any atom is -0.379 e.